The van der Waals surface area contributed by atoms with E-state index in [0.717, 1.165) is 12.0 Å². The minimum Gasteiger partial charge on any atom is -0.102 e. The lowest BCUT2D eigenvalue weighted by Crippen LogP contribution is -1.93. The third-order valence-corrected chi connectivity index (χ3v) is 1.46. The maximum absolute atomic E-state index is 3.83. The van der Waals surface area contributed by atoms with E-state index in [1.807, 2.05) is 6.08 Å². The third-order valence-electron chi connectivity index (χ3n) is 1.46. The van der Waals surface area contributed by atoms with Gasteiger partial charge in [-0.15, -0.1) is 6.58 Å². The van der Waals surface area contributed by atoms with Crippen LogP contribution >= 0.6 is 0 Å². The first-order valence-electron chi connectivity index (χ1n) is 3.20. The van der Waals surface area contributed by atoms with Gasteiger partial charge in [-0.1, -0.05) is 32.2 Å². The van der Waals surface area contributed by atoms with Crippen molar-refractivity contribution in [2.45, 2.75) is 13.3 Å². The van der Waals surface area contributed by atoms with Gasteiger partial charge in [0.25, 0.3) is 0 Å². The first-order valence-corrected chi connectivity index (χ1v) is 3.20. The highest BCUT2D eigenvalue weighted by molar-refractivity contribution is 5.18. The normalized spacial score (nSPS) is 12.1. The van der Waals surface area contributed by atoms with Gasteiger partial charge in [0, 0.05) is 5.92 Å². The van der Waals surface area contributed by atoms with E-state index in [0.29, 0.717) is 5.92 Å². The molecular formula is C9H14. The molecule has 50 valence electrons. The van der Waals surface area contributed by atoms with E-state index in [9.17, 15) is 0 Å². The fraction of sp³-hybridized carbons (Fsp3) is 0.333. The molecule has 1 unspecified atom stereocenters. The van der Waals surface area contributed by atoms with Gasteiger partial charge in [0.15, 0.2) is 0 Å². The van der Waals surface area contributed by atoms with Crippen LogP contribution in [0.5, 0.6) is 0 Å². The Morgan fingerprint density at radius 1 is 1.56 bits per heavy atom. The lowest BCUT2D eigenvalue weighted by atomic mass is 9.98. The Kier molecular flexibility index (Phi) is 3.78. The van der Waals surface area contributed by atoms with Crippen LogP contribution in [0.15, 0.2) is 37.5 Å². The minimum atomic E-state index is 0.419. The van der Waals surface area contributed by atoms with E-state index >= 15 is 0 Å². The highest BCUT2D eigenvalue weighted by atomic mass is 14.0. The summed E-state index contributed by atoms with van der Waals surface area (Å²) < 4.78 is 0. The van der Waals surface area contributed by atoms with Crippen molar-refractivity contribution in [3.63, 3.8) is 0 Å². The smallest absolute Gasteiger partial charge is 0.000655 e. The molecule has 0 N–H and O–H groups in total. The van der Waals surface area contributed by atoms with Gasteiger partial charge < -0.3 is 0 Å². The highest BCUT2D eigenvalue weighted by Crippen LogP contribution is 2.13. The summed E-state index contributed by atoms with van der Waals surface area (Å²) in [5.41, 5.74) is 1.06. The fourth-order valence-corrected chi connectivity index (χ4v) is 0.732. The topological polar surface area (TPSA) is 0 Å². The molecule has 0 aromatic heterocycles. The Hall–Kier alpha value is -0.780. The number of allylic oxidation sites excluding steroid dienone is 3. The van der Waals surface area contributed by atoms with Crippen LogP contribution in [0.25, 0.3) is 0 Å². The van der Waals surface area contributed by atoms with Crippen LogP contribution in [0.3, 0.4) is 0 Å². The zero-order valence-electron chi connectivity index (χ0n) is 6.06. The summed E-state index contributed by atoms with van der Waals surface area (Å²) in [5.74, 6) is 0.419. The van der Waals surface area contributed by atoms with Crippen molar-refractivity contribution in [2.24, 2.45) is 5.92 Å². The molecule has 0 aliphatic heterocycles. The van der Waals surface area contributed by atoms with Crippen LogP contribution in [-0.2, 0) is 0 Å². The second-order valence-electron chi connectivity index (χ2n) is 2.03. The highest BCUT2D eigenvalue weighted by Gasteiger charge is 1.99. The van der Waals surface area contributed by atoms with Crippen LogP contribution in [-0.4, -0.2) is 0 Å². The summed E-state index contributed by atoms with van der Waals surface area (Å²) in [5, 5.41) is 0. The van der Waals surface area contributed by atoms with Gasteiger partial charge in [-0.25, -0.2) is 0 Å². The molecule has 0 fully saturated rings. The average Bonchev–Trinajstić information content (AvgIpc) is 1.90. The standard InChI is InChI=1S/C9H14/c1-5-8(4)9(6-2)7-3/h5-6,9H,1-2,4,7H2,3H3. The Morgan fingerprint density at radius 2 is 2.11 bits per heavy atom. The van der Waals surface area contributed by atoms with E-state index in [1.54, 1.807) is 6.08 Å². The maximum atomic E-state index is 3.83. The third kappa shape index (κ3) is 2.31. The van der Waals surface area contributed by atoms with Gasteiger partial charge in [0.05, 0.1) is 0 Å². The average molecular weight is 122 g/mol. The maximum Gasteiger partial charge on any atom is 0.000655 e. The fourth-order valence-electron chi connectivity index (χ4n) is 0.732. The molecule has 0 aliphatic carbocycles. The molecule has 0 rings (SSSR count). The first-order chi connectivity index (χ1) is 4.26. The lowest BCUT2D eigenvalue weighted by Gasteiger charge is -2.07. The molecule has 0 heteroatoms. The molecule has 0 aromatic rings. The van der Waals surface area contributed by atoms with Crippen molar-refractivity contribution < 1.29 is 0 Å². The first kappa shape index (κ1) is 8.22. The lowest BCUT2D eigenvalue weighted by molar-refractivity contribution is 0.749. The SMILES string of the molecule is C=CC(=C)C(C=C)CC. The summed E-state index contributed by atoms with van der Waals surface area (Å²) in [7, 11) is 0. The predicted octanol–water partition coefficient (Wildman–Crippen LogP) is 2.94. The number of hydrogen-bond acceptors (Lipinski definition) is 0. The molecule has 0 spiro atoms. The molecule has 1 atom stereocenters. The zero-order valence-corrected chi connectivity index (χ0v) is 6.06. The molecule has 0 amide bonds. The quantitative estimate of drug-likeness (QED) is 0.397. The molecule has 0 bridgehead atoms. The molecule has 0 saturated carbocycles. The summed E-state index contributed by atoms with van der Waals surface area (Å²) in [6.45, 7) is 13.3. The molecule has 0 nitrogen and oxygen atoms in total. The monoisotopic (exact) mass is 122 g/mol. The summed E-state index contributed by atoms with van der Waals surface area (Å²) in [6, 6.07) is 0. The van der Waals surface area contributed by atoms with Crippen LogP contribution < -0.4 is 0 Å². The summed E-state index contributed by atoms with van der Waals surface area (Å²) in [6.07, 6.45) is 4.76. The van der Waals surface area contributed by atoms with E-state index in [1.165, 1.54) is 0 Å². The summed E-state index contributed by atoms with van der Waals surface area (Å²) >= 11 is 0. The molecule has 0 aromatic carbocycles. The second-order valence-corrected chi connectivity index (χ2v) is 2.03. The van der Waals surface area contributed by atoms with Gasteiger partial charge in [-0.05, 0) is 12.0 Å². The van der Waals surface area contributed by atoms with E-state index < -0.39 is 0 Å². The van der Waals surface area contributed by atoms with Crippen molar-refractivity contribution in [2.75, 3.05) is 0 Å². The van der Waals surface area contributed by atoms with Crippen LogP contribution in [0.4, 0.5) is 0 Å². The van der Waals surface area contributed by atoms with Crippen molar-refractivity contribution in [3.8, 4) is 0 Å². The van der Waals surface area contributed by atoms with Crippen molar-refractivity contribution >= 4 is 0 Å². The molecule has 0 aliphatic rings. The van der Waals surface area contributed by atoms with Crippen molar-refractivity contribution in [1.82, 2.24) is 0 Å². The number of hydrogen-bond donors (Lipinski definition) is 0. The van der Waals surface area contributed by atoms with Gasteiger partial charge in [0.2, 0.25) is 0 Å². The van der Waals surface area contributed by atoms with Crippen LogP contribution in [0.1, 0.15) is 13.3 Å². The molecular weight excluding hydrogens is 108 g/mol. The van der Waals surface area contributed by atoms with Crippen molar-refractivity contribution in [3.05, 3.63) is 37.5 Å². The van der Waals surface area contributed by atoms with Crippen molar-refractivity contribution in [1.29, 1.82) is 0 Å². The van der Waals surface area contributed by atoms with Gasteiger partial charge >= 0.3 is 0 Å². The Labute approximate surface area is 57.6 Å². The Bertz CT molecular complexity index is 120. The van der Waals surface area contributed by atoms with E-state index in [4.69, 9.17) is 0 Å². The molecule has 9 heavy (non-hydrogen) atoms. The van der Waals surface area contributed by atoms with E-state index in [2.05, 4.69) is 26.7 Å². The predicted molar refractivity (Wildman–Crippen MR) is 43.3 cm³/mol. The molecule has 0 heterocycles. The Balaban J connectivity index is 3.93. The van der Waals surface area contributed by atoms with Gasteiger partial charge in [-0.3, -0.25) is 0 Å². The zero-order chi connectivity index (χ0) is 7.28. The Morgan fingerprint density at radius 3 is 2.22 bits per heavy atom. The summed E-state index contributed by atoms with van der Waals surface area (Å²) in [4.78, 5) is 0. The minimum absolute atomic E-state index is 0.419. The molecule has 0 radical (unpaired) electrons. The van der Waals surface area contributed by atoms with E-state index in [-0.39, 0.29) is 0 Å². The van der Waals surface area contributed by atoms with Crippen LogP contribution in [0, 0.1) is 5.92 Å². The largest absolute Gasteiger partial charge is 0.102 e. The molecule has 0 saturated heterocycles. The van der Waals surface area contributed by atoms with Gasteiger partial charge in [0.1, 0.15) is 0 Å². The van der Waals surface area contributed by atoms with Crippen LogP contribution in [0.2, 0.25) is 0 Å². The van der Waals surface area contributed by atoms with Gasteiger partial charge in [-0.2, -0.15) is 0 Å². The number of rotatable bonds is 4. The second kappa shape index (κ2) is 4.13.